The van der Waals surface area contributed by atoms with Gasteiger partial charge in [0.05, 0.1) is 7.11 Å². The number of nitrogens with one attached hydrogen (secondary N) is 1. The Kier molecular flexibility index (Phi) is 3.50. The Morgan fingerprint density at radius 3 is 2.94 bits per heavy atom. The topological polar surface area (TPSA) is 75.6 Å². The van der Waals surface area contributed by atoms with Gasteiger partial charge in [0.2, 0.25) is 5.91 Å². The summed E-state index contributed by atoms with van der Waals surface area (Å²) in [5.41, 5.74) is 0.987. The number of rotatable bonds is 3. The summed E-state index contributed by atoms with van der Waals surface area (Å²) in [6, 6.07) is 7.49. The summed E-state index contributed by atoms with van der Waals surface area (Å²) in [5.74, 6) is -1.69. The summed E-state index contributed by atoms with van der Waals surface area (Å²) in [7, 11) is 1.59. The number of aliphatic carboxylic acids is 1. The largest absolute Gasteiger partial charge is 0.497 e. The van der Waals surface area contributed by atoms with E-state index in [1.54, 1.807) is 7.11 Å². The van der Waals surface area contributed by atoms with Crippen LogP contribution in [0.2, 0.25) is 0 Å². The van der Waals surface area contributed by atoms with Crippen molar-refractivity contribution in [3.8, 4) is 5.75 Å². The van der Waals surface area contributed by atoms with Crippen molar-refractivity contribution in [1.29, 1.82) is 0 Å². The highest BCUT2D eigenvalue weighted by atomic mass is 16.5. The number of methoxy groups -OCH3 is 1. The maximum atomic E-state index is 11.4. The smallest absolute Gasteiger partial charge is 0.316 e. The predicted molar refractivity (Wildman–Crippen MR) is 64.5 cm³/mol. The number of carbonyl (C=O) groups is 2. The van der Waals surface area contributed by atoms with Crippen molar-refractivity contribution in [3.05, 3.63) is 29.8 Å². The van der Waals surface area contributed by atoms with Crippen LogP contribution in [0, 0.1) is 5.92 Å². The van der Waals surface area contributed by atoms with Crippen LogP contribution in [-0.2, 0) is 9.59 Å². The van der Waals surface area contributed by atoms with Crippen molar-refractivity contribution in [3.63, 3.8) is 0 Å². The zero-order chi connectivity index (χ0) is 13.1. The molecule has 0 aliphatic carbocycles. The maximum absolute atomic E-state index is 11.4. The van der Waals surface area contributed by atoms with Gasteiger partial charge in [-0.25, -0.2) is 0 Å². The molecule has 2 N–H and O–H groups in total. The van der Waals surface area contributed by atoms with Gasteiger partial charge in [0.15, 0.2) is 0 Å². The second-order valence-corrected chi connectivity index (χ2v) is 4.35. The van der Waals surface area contributed by atoms with Crippen molar-refractivity contribution in [2.75, 3.05) is 13.7 Å². The molecule has 2 atom stereocenters. The van der Waals surface area contributed by atoms with E-state index in [0.29, 0.717) is 13.0 Å². The zero-order valence-corrected chi connectivity index (χ0v) is 10.1. The van der Waals surface area contributed by atoms with E-state index in [2.05, 4.69) is 5.32 Å². The molecule has 0 saturated carbocycles. The highest BCUT2D eigenvalue weighted by molar-refractivity contribution is 5.97. The summed E-state index contributed by atoms with van der Waals surface area (Å²) in [5, 5.41) is 11.6. The summed E-state index contributed by atoms with van der Waals surface area (Å²) >= 11 is 0. The van der Waals surface area contributed by atoms with Crippen LogP contribution in [0.3, 0.4) is 0 Å². The van der Waals surface area contributed by atoms with Crippen LogP contribution in [0.4, 0.5) is 0 Å². The predicted octanol–water partition coefficient (Wildman–Crippen LogP) is 0.999. The molecule has 1 aromatic rings. The molecule has 1 saturated heterocycles. The summed E-state index contributed by atoms with van der Waals surface area (Å²) < 4.78 is 5.14. The van der Waals surface area contributed by atoms with E-state index in [4.69, 9.17) is 9.84 Å². The average molecular weight is 249 g/mol. The zero-order valence-electron chi connectivity index (χ0n) is 10.1. The molecule has 2 rings (SSSR count). The van der Waals surface area contributed by atoms with Gasteiger partial charge in [-0.3, -0.25) is 9.59 Å². The van der Waals surface area contributed by atoms with E-state index in [1.165, 1.54) is 0 Å². The summed E-state index contributed by atoms with van der Waals surface area (Å²) in [6.07, 6.45) is 0.328. The van der Waals surface area contributed by atoms with Crippen LogP contribution in [0.15, 0.2) is 24.3 Å². The Morgan fingerprint density at radius 2 is 2.28 bits per heavy atom. The molecule has 1 heterocycles. The Balaban J connectivity index is 2.18. The number of hydrogen-bond acceptors (Lipinski definition) is 3. The van der Waals surface area contributed by atoms with Crippen LogP contribution in [0.1, 0.15) is 17.9 Å². The number of amides is 1. The molecule has 2 unspecified atom stereocenters. The Hall–Kier alpha value is -2.04. The van der Waals surface area contributed by atoms with Crippen LogP contribution >= 0.6 is 0 Å². The third kappa shape index (κ3) is 2.45. The van der Waals surface area contributed by atoms with Crippen LogP contribution in [-0.4, -0.2) is 30.6 Å². The van der Waals surface area contributed by atoms with Gasteiger partial charge in [0.1, 0.15) is 11.7 Å². The molecule has 1 amide bonds. The van der Waals surface area contributed by atoms with E-state index in [9.17, 15) is 9.59 Å². The number of ether oxygens (including phenoxy) is 1. The first-order chi connectivity index (χ1) is 8.61. The normalized spacial score (nSPS) is 23.3. The minimum Gasteiger partial charge on any atom is -0.497 e. The molecule has 0 bridgehead atoms. The van der Waals surface area contributed by atoms with Gasteiger partial charge in [0, 0.05) is 12.5 Å². The standard InChI is InChI=1S/C13H15NO4/c1-18-10-4-2-3-8(5-10)9-6-11(13(16)17)12(15)14-7-9/h2-5,9,11H,6-7H2,1H3,(H,14,15)(H,16,17). The Bertz CT molecular complexity index is 472. The van der Waals surface area contributed by atoms with Gasteiger partial charge >= 0.3 is 5.97 Å². The molecule has 1 aliphatic rings. The Labute approximate surface area is 105 Å². The quantitative estimate of drug-likeness (QED) is 0.784. The maximum Gasteiger partial charge on any atom is 0.316 e. The van der Waals surface area contributed by atoms with Crippen LogP contribution < -0.4 is 10.1 Å². The molecular formula is C13H15NO4. The molecule has 1 aromatic carbocycles. The molecule has 5 heteroatoms. The fourth-order valence-electron chi connectivity index (χ4n) is 2.18. The number of carbonyl (C=O) groups excluding carboxylic acids is 1. The molecule has 0 spiro atoms. The van der Waals surface area contributed by atoms with E-state index >= 15 is 0 Å². The number of hydrogen-bond donors (Lipinski definition) is 2. The number of piperidine rings is 1. The highest BCUT2D eigenvalue weighted by Crippen LogP contribution is 2.29. The molecule has 5 nitrogen and oxygen atoms in total. The minimum absolute atomic E-state index is 0.0129. The van der Waals surface area contributed by atoms with Gasteiger partial charge in [-0.1, -0.05) is 12.1 Å². The van der Waals surface area contributed by atoms with E-state index < -0.39 is 17.8 Å². The van der Waals surface area contributed by atoms with Gasteiger partial charge < -0.3 is 15.2 Å². The fraction of sp³-hybridized carbons (Fsp3) is 0.385. The van der Waals surface area contributed by atoms with Crippen molar-refractivity contribution in [2.45, 2.75) is 12.3 Å². The molecular weight excluding hydrogens is 234 g/mol. The molecule has 96 valence electrons. The highest BCUT2D eigenvalue weighted by Gasteiger charge is 2.34. The van der Waals surface area contributed by atoms with Gasteiger partial charge in [0.25, 0.3) is 0 Å². The number of carboxylic acid groups (broad SMARTS) is 1. The second-order valence-electron chi connectivity index (χ2n) is 4.35. The fourth-order valence-corrected chi connectivity index (χ4v) is 2.18. The van der Waals surface area contributed by atoms with Gasteiger partial charge in [-0.2, -0.15) is 0 Å². The molecule has 18 heavy (non-hydrogen) atoms. The lowest BCUT2D eigenvalue weighted by atomic mass is 9.85. The monoisotopic (exact) mass is 249 g/mol. The van der Waals surface area contributed by atoms with Crippen LogP contribution in [0.5, 0.6) is 5.75 Å². The first kappa shape index (κ1) is 12.4. The number of benzene rings is 1. The SMILES string of the molecule is COc1cccc(C2CNC(=O)C(C(=O)O)C2)c1. The lowest BCUT2D eigenvalue weighted by molar-refractivity contribution is -0.148. The van der Waals surface area contributed by atoms with Gasteiger partial charge in [-0.15, -0.1) is 0 Å². The first-order valence-electron chi connectivity index (χ1n) is 5.76. The van der Waals surface area contributed by atoms with Crippen molar-refractivity contribution < 1.29 is 19.4 Å². The minimum atomic E-state index is -1.07. The molecule has 0 radical (unpaired) electrons. The number of carboxylic acids is 1. The summed E-state index contributed by atoms with van der Waals surface area (Å²) in [4.78, 5) is 22.4. The van der Waals surface area contributed by atoms with Crippen LogP contribution in [0.25, 0.3) is 0 Å². The lowest BCUT2D eigenvalue weighted by Gasteiger charge is -2.27. The van der Waals surface area contributed by atoms with Crippen molar-refractivity contribution in [1.82, 2.24) is 5.32 Å². The van der Waals surface area contributed by atoms with E-state index in [0.717, 1.165) is 11.3 Å². The average Bonchev–Trinajstić information content (AvgIpc) is 2.39. The van der Waals surface area contributed by atoms with Crippen molar-refractivity contribution >= 4 is 11.9 Å². The Morgan fingerprint density at radius 1 is 1.50 bits per heavy atom. The molecule has 0 aromatic heterocycles. The van der Waals surface area contributed by atoms with Gasteiger partial charge in [-0.05, 0) is 24.1 Å². The first-order valence-corrected chi connectivity index (χ1v) is 5.76. The molecule has 1 aliphatic heterocycles. The van der Waals surface area contributed by atoms with E-state index in [1.807, 2.05) is 24.3 Å². The van der Waals surface area contributed by atoms with E-state index in [-0.39, 0.29) is 5.92 Å². The summed E-state index contributed by atoms with van der Waals surface area (Å²) in [6.45, 7) is 0.468. The lowest BCUT2D eigenvalue weighted by Crippen LogP contribution is -2.43. The third-order valence-electron chi connectivity index (χ3n) is 3.22. The van der Waals surface area contributed by atoms with Crippen molar-refractivity contribution in [2.24, 2.45) is 5.92 Å². The third-order valence-corrected chi connectivity index (χ3v) is 3.22. The molecule has 1 fully saturated rings. The second kappa shape index (κ2) is 5.08.